The molecule has 12 heteroatoms. The number of amides is 1. The van der Waals surface area contributed by atoms with Gasteiger partial charge in [0, 0.05) is 29.4 Å². The number of sulfone groups is 1. The standard InChI is InChI=1S/C25H24F3N3O4S2/c1-3-12-30-24(32)35-18-8-5-7-17(14-18)31-20(15-23(29)25(26,27)28)22-11-10-21(36-22)16-6-4-9-19(13-16)37(2,33)34/h4-11,13-15,29,31H,3,12H2,1-2H3,(H,30,32)/b20-15-,29-23?. The van der Waals surface area contributed by atoms with E-state index in [2.05, 4.69) is 10.6 Å². The molecule has 3 N–H and O–H groups in total. The molecule has 0 saturated heterocycles. The molecule has 0 aliphatic rings. The van der Waals surface area contributed by atoms with Crippen molar-refractivity contribution in [1.82, 2.24) is 5.32 Å². The second-order valence-corrected chi connectivity index (χ2v) is 11.0. The maximum atomic E-state index is 13.2. The number of ether oxygens (including phenoxy) is 1. The summed E-state index contributed by atoms with van der Waals surface area (Å²) in [7, 11) is -3.45. The average Bonchev–Trinajstić information content (AvgIpc) is 3.32. The lowest BCUT2D eigenvalue weighted by Gasteiger charge is -2.13. The van der Waals surface area contributed by atoms with Gasteiger partial charge in [0.2, 0.25) is 0 Å². The summed E-state index contributed by atoms with van der Waals surface area (Å²) in [6.07, 6.45) is -3.04. The van der Waals surface area contributed by atoms with Crippen LogP contribution in [0.2, 0.25) is 0 Å². The molecule has 0 bridgehead atoms. The summed E-state index contributed by atoms with van der Waals surface area (Å²) in [5, 5.41) is 12.9. The molecule has 2 aromatic carbocycles. The quantitative estimate of drug-likeness (QED) is 0.269. The van der Waals surface area contributed by atoms with Gasteiger partial charge in [0.1, 0.15) is 11.5 Å². The Bertz CT molecular complexity index is 1430. The summed E-state index contributed by atoms with van der Waals surface area (Å²) in [5.41, 5.74) is -0.658. The molecule has 0 aliphatic heterocycles. The highest BCUT2D eigenvalue weighted by atomic mass is 32.2. The van der Waals surface area contributed by atoms with Crippen LogP contribution in [-0.2, 0) is 9.84 Å². The van der Waals surface area contributed by atoms with Crippen molar-refractivity contribution in [2.45, 2.75) is 24.4 Å². The Kier molecular flexibility index (Phi) is 8.77. The number of thiophene rings is 1. The number of allylic oxidation sites excluding steroid dienone is 1. The van der Waals surface area contributed by atoms with Crippen LogP contribution in [0.15, 0.2) is 71.6 Å². The third-order valence-electron chi connectivity index (χ3n) is 4.86. The first-order valence-electron chi connectivity index (χ1n) is 11.0. The molecule has 1 aromatic heterocycles. The minimum Gasteiger partial charge on any atom is -0.410 e. The van der Waals surface area contributed by atoms with Crippen LogP contribution in [0.1, 0.15) is 18.2 Å². The zero-order valence-electron chi connectivity index (χ0n) is 19.8. The maximum absolute atomic E-state index is 13.2. The molecule has 3 aromatic rings. The third kappa shape index (κ3) is 7.92. The summed E-state index contributed by atoms with van der Waals surface area (Å²) in [6.45, 7) is 2.31. The average molecular weight is 552 g/mol. The number of alkyl halides is 3. The van der Waals surface area contributed by atoms with Crippen molar-refractivity contribution in [3.8, 4) is 16.2 Å². The van der Waals surface area contributed by atoms with Gasteiger partial charge in [-0.2, -0.15) is 13.2 Å². The highest BCUT2D eigenvalue weighted by molar-refractivity contribution is 7.90. The molecule has 0 spiro atoms. The fourth-order valence-corrected chi connectivity index (χ4v) is 4.72. The van der Waals surface area contributed by atoms with E-state index in [9.17, 15) is 26.4 Å². The van der Waals surface area contributed by atoms with Crippen molar-refractivity contribution in [2.24, 2.45) is 0 Å². The van der Waals surface area contributed by atoms with Crippen LogP contribution in [0.3, 0.4) is 0 Å². The summed E-state index contributed by atoms with van der Waals surface area (Å²) >= 11 is 1.12. The van der Waals surface area contributed by atoms with E-state index in [4.69, 9.17) is 10.1 Å². The number of carbonyl (C=O) groups excluding carboxylic acids is 1. The summed E-state index contributed by atoms with van der Waals surface area (Å²) < 4.78 is 68.6. The minimum absolute atomic E-state index is 0.00886. The topological polar surface area (TPSA) is 108 Å². The molecular formula is C25H24F3N3O4S2. The van der Waals surface area contributed by atoms with Gasteiger partial charge in [-0.05, 0) is 54.5 Å². The maximum Gasteiger partial charge on any atom is 0.432 e. The van der Waals surface area contributed by atoms with Gasteiger partial charge < -0.3 is 15.4 Å². The molecular weight excluding hydrogens is 527 g/mol. The molecule has 0 radical (unpaired) electrons. The lowest BCUT2D eigenvalue weighted by molar-refractivity contribution is -0.0583. The van der Waals surface area contributed by atoms with Gasteiger partial charge in [0.25, 0.3) is 0 Å². The van der Waals surface area contributed by atoms with Crippen molar-refractivity contribution in [3.63, 3.8) is 0 Å². The molecule has 0 atom stereocenters. The number of carbonyl (C=O) groups is 1. The lowest BCUT2D eigenvalue weighted by Crippen LogP contribution is -2.27. The van der Waals surface area contributed by atoms with Gasteiger partial charge in [-0.25, -0.2) is 13.2 Å². The lowest BCUT2D eigenvalue weighted by atomic mass is 10.2. The molecule has 1 heterocycles. The Morgan fingerprint density at radius 1 is 1.11 bits per heavy atom. The number of halogens is 3. The van der Waals surface area contributed by atoms with Crippen molar-refractivity contribution in [1.29, 1.82) is 5.41 Å². The van der Waals surface area contributed by atoms with Crippen LogP contribution in [0, 0.1) is 5.41 Å². The Labute approximate surface area is 216 Å². The smallest absolute Gasteiger partial charge is 0.410 e. The molecule has 3 rings (SSSR count). The first-order valence-corrected chi connectivity index (χ1v) is 13.7. The highest BCUT2D eigenvalue weighted by Crippen LogP contribution is 2.34. The Balaban J connectivity index is 1.94. The van der Waals surface area contributed by atoms with Gasteiger partial charge in [-0.15, -0.1) is 11.3 Å². The number of anilines is 1. The summed E-state index contributed by atoms with van der Waals surface area (Å²) in [6, 6.07) is 15.6. The monoisotopic (exact) mass is 551 g/mol. The molecule has 0 saturated carbocycles. The first-order chi connectivity index (χ1) is 17.4. The van der Waals surface area contributed by atoms with Crippen molar-refractivity contribution >= 4 is 44.4 Å². The largest absolute Gasteiger partial charge is 0.432 e. The van der Waals surface area contributed by atoms with E-state index in [1.807, 2.05) is 6.92 Å². The predicted octanol–water partition coefficient (Wildman–Crippen LogP) is 6.35. The molecule has 196 valence electrons. The Hall–Kier alpha value is -3.64. The second kappa shape index (κ2) is 11.6. The molecule has 37 heavy (non-hydrogen) atoms. The van der Waals surface area contributed by atoms with E-state index in [0.717, 1.165) is 24.0 Å². The van der Waals surface area contributed by atoms with E-state index in [1.54, 1.807) is 36.4 Å². The highest BCUT2D eigenvalue weighted by Gasteiger charge is 2.33. The number of nitrogens with one attached hydrogen (secondary N) is 3. The van der Waals surface area contributed by atoms with E-state index in [0.29, 0.717) is 33.6 Å². The first kappa shape index (κ1) is 27.9. The number of hydrogen-bond donors (Lipinski definition) is 3. The normalized spacial score (nSPS) is 12.2. The van der Waals surface area contributed by atoms with Crippen molar-refractivity contribution < 1.29 is 31.1 Å². The number of rotatable bonds is 9. The molecule has 0 aliphatic carbocycles. The van der Waals surface area contributed by atoms with Gasteiger partial charge >= 0.3 is 12.3 Å². The van der Waals surface area contributed by atoms with Gasteiger partial charge in [-0.1, -0.05) is 25.1 Å². The Morgan fingerprint density at radius 3 is 2.51 bits per heavy atom. The SMILES string of the molecule is CCCNC(=O)Oc1cccc(N/C(=C\C(=N)C(F)(F)F)c2ccc(-c3cccc(S(C)(=O)=O)c3)s2)c1. The van der Waals surface area contributed by atoms with Crippen LogP contribution in [0.5, 0.6) is 5.75 Å². The molecule has 1 amide bonds. The van der Waals surface area contributed by atoms with Gasteiger partial charge in [0.15, 0.2) is 9.84 Å². The number of hydrogen-bond acceptors (Lipinski definition) is 7. The zero-order chi connectivity index (χ0) is 27.2. The van der Waals surface area contributed by atoms with E-state index in [-0.39, 0.29) is 16.3 Å². The second-order valence-electron chi connectivity index (χ2n) is 7.90. The molecule has 0 fully saturated rings. The van der Waals surface area contributed by atoms with E-state index < -0.39 is 27.8 Å². The van der Waals surface area contributed by atoms with E-state index in [1.165, 1.54) is 24.3 Å². The fraction of sp³-hybridized carbons (Fsp3) is 0.200. The van der Waals surface area contributed by atoms with Crippen molar-refractivity contribution in [2.75, 3.05) is 18.1 Å². The summed E-state index contributed by atoms with van der Waals surface area (Å²) in [5.74, 6) is 0.174. The molecule has 0 unspecified atom stereocenters. The van der Waals surface area contributed by atoms with Crippen LogP contribution in [0.4, 0.5) is 23.7 Å². The predicted molar refractivity (Wildman–Crippen MR) is 139 cm³/mol. The van der Waals surface area contributed by atoms with Crippen LogP contribution in [-0.4, -0.2) is 39.2 Å². The zero-order valence-corrected chi connectivity index (χ0v) is 21.5. The van der Waals surface area contributed by atoms with Gasteiger partial charge in [-0.3, -0.25) is 5.41 Å². The molecule has 7 nitrogen and oxygen atoms in total. The minimum atomic E-state index is -4.86. The van der Waals surface area contributed by atoms with Crippen LogP contribution < -0.4 is 15.4 Å². The number of benzene rings is 2. The van der Waals surface area contributed by atoms with Crippen LogP contribution >= 0.6 is 11.3 Å². The fourth-order valence-electron chi connectivity index (χ4n) is 3.08. The third-order valence-corrected chi connectivity index (χ3v) is 7.13. The van der Waals surface area contributed by atoms with Crippen LogP contribution in [0.25, 0.3) is 16.1 Å². The van der Waals surface area contributed by atoms with Gasteiger partial charge in [0.05, 0.1) is 15.5 Å². The Morgan fingerprint density at radius 2 is 1.84 bits per heavy atom. The van der Waals surface area contributed by atoms with Crippen molar-refractivity contribution in [3.05, 3.63) is 71.6 Å². The summed E-state index contributed by atoms with van der Waals surface area (Å²) in [4.78, 5) is 13.0. The van der Waals surface area contributed by atoms with E-state index >= 15 is 0 Å².